The van der Waals surface area contributed by atoms with E-state index in [0.29, 0.717) is 22.6 Å². The molecule has 1 fully saturated rings. The van der Waals surface area contributed by atoms with Crippen LogP contribution in [-0.4, -0.2) is 42.9 Å². The number of furan rings is 1. The van der Waals surface area contributed by atoms with Gasteiger partial charge in [0.2, 0.25) is 0 Å². The molecule has 2 aromatic carbocycles. The highest BCUT2D eigenvalue weighted by molar-refractivity contribution is 6.46. The second-order valence-electron chi connectivity index (χ2n) is 8.20. The molecule has 3 aromatic rings. The maximum atomic E-state index is 13.2. The van der Waals surface area contributed by atoms with Crippen molar-refractivity contribution in [2.45, 2.75) is 19.5 Å². The van der Waals surface area contributed by atoms with Crippen LogP contribution in [0.2, 0.25) is 0 Å². The van der Waals surface area contributed by atoms with Gasteiger partial charge in [0.05, 0.1) is 37.1 Å². The predicted octanol–water partition coefficient (Wildman–Crippen LogP) is 4.28. The molecule has 7 heteroatoms. The summed E-state index contributed by atoms with van der Waals surface area (Å²) in [5.41, 5.74) is 2.95. The number of aliphatic hydroxyl groups excluding tert-OH is 1. The molecule has 1 atom stereocenters. The van der Waals surface area contributed by atoms with E-state index in [9.17, 15) is 14.7 Å². The second-order valence-corrected chi connectivity index (χ2v) is 8.20. The predicted molar refractivity (Wildman–Crippen MR) is 125 cm³/mol. The first kappa shape index (κ1) is 22.2. The third-order valence-corrected chi connectivity index (χ3v) is 5.78. The maximum Gasteiger partial charge on any atom is 0.296 e. The molecule has 1 aliphatic rings. The van der Waals surface area contributed by atoms with Crippen molar-refractivity contribution in [3.05, 3.63) is 88.9 Å². The van der Waals surface area contributed by atoms with Crippen LogP contribution < -0.4 is 9.64 Å². The summed E-state index contributed by atoms with van der Waals surface area (Å²) in [6.45, 7) is 1.97. The lowest BCUT2D eigenvalue weighted by atomic mass is 9.94. The normalized spacial score (nSPS) is 17.5. The van der Waals surface area contributed by atoms with Gasteiger partial charge in [-0.05, 0) is 48.9 Å². The molecule has 0 saturated carbocycles. The smallest absolute Gasteiger partial charge is 0.296 e. The van der Waals surface area contributed by atoms with E-state index in [4.69, 9.17) is 9.15 Å². The zero-order chi connectivity index (χ0) is 23.7. The van der Waals surface area contributed by atoms with E-state index in [0.717, 1.165) is 11.3 Å². The highest BCUT2D eigenvalue weighted by atomic mass is 16.5. The van der Waals surface area contributed by atoms with E-state index in [1.807, 2.05) is 56.3 Å². The summed E-state index contributed by atoms with van der Waals surface area (Å²) in [6.07, 6.45) is 1.52. The fourth-order valence-corrected chi connectivity index (χ4v) is 4.07. The quantitative estimate of drug-likeness (QED) is 0.346. The van der Waals surface area contributed by atoms with Crippen molar-refractivity contribution in [1.29, 1.82) is 0 Å². The van der Waals surface area contributed by atoms with Crippen molar-refractivity contribution in [3.8, 4) is 5.75 Å². The van der Waals surface area contributed by atoms with Crippen molar-refractivity contribution < 1.29 is 23.8 Å². The van der Waals surface area contributed by atoms with Crippen LogP contribution in [0.4, 0.5) is 5.69 Å². The number of anilines is 1. The number of carbonyl (C=O) groups excluding carboxylic acids is 2. The zero-order valence-electron chi connectivity index (χ0n) is 19.0. The topological polar surface area (TPSA) is 83.2 Å². The van der Waals surface area contributed by atoms with Crippen LogP contribution in [0.3, 0.4) is 0 Å². The first-order valence-electron chi connectivity index (χ1n) is 10.5. The first-order chi connectivity index (χ1) is 15.8. The van der Waals surface area contributed by atoms with Crippen LogP contribution in [0.25, 0.3) is 5.76 Å². The summed E-state index contributed by atoms with van der Waals surface area (Å²) >= 11 is 0. The van der Waals surface area contributed by atoms with Crippen molar-refractivity contribution in [3.63, 3.8) is 0 Å². The first-order valence-corrected chi connectivity index (χ1v) is 10.5. The molecule has 1 amide bonds. The highest BCUT2D eigenvalue weighted by Gasteiger charge is 2.46. The van der Waals surface area contributed by atoms with Crippen LogP contribution in [-0.2, 0) is 16.1 Å². The van der Waals surface area contributed by atoms with Crippen LogP contribution in [0.5, 0.6) is 5.75 Å². The van der Waals surface area contributed by atoms with Crippen molar-refractivity contribution in [2.75, 3.05) is 26.1 Å². The summed E-state index contributed by atoms with van der Waals surface area (Å²) in [6, 6.07) is 15.6. The molecular formula is C26H26N2O5. The summed E-state index contributed by atoms with van der Waals surface area (Å²) in [5, 5.41) is 11.3. The van der Waals surface area contributed by atoms with Gasteiger partial charge in [-0.3, -0.25) is 9.59 Å². The minimum absolute atomic E-state index is 0.0214. The summed E-state index contributed by atoms with van der Waals surface area (Å²) in [4.78, 5) is 29.7. The van der Waals surface area contributed by atoms with E-state index in [-0.39, 0.29) is 17.9 Å². The lowest BCUT2D eigenvalue weighted by molar-refractivity contribution is -0.140. The number of methoxy groups -OCH3 is 1. The number of hydrogen-bond donors (Lipinski definition) is 1. The Hall–Kier alpha value is -4.00. The van der Waals surface area contributed by atoms with Crippen molar-refractivity contribution in [2.24, 2.45) is 0 Å². The number of nitrogens with zero attached hydrogens (tertiary/aromatic N) is 2. The van der Waals surface area contributed by atoms with Crippen molar-refractivity contribution >= 4 is 23.1 Å². The number of amides is 1. The molecule has 0 spiro atoms. The molecule has 1 aliphatic heterocycles. The Labute approximate surface area is 192 Å². The molecular weight excluding hydrogens is 420 g/mol. The van der Waals surface area contributed by atoms with Crippen LogP contribution in [0.1, 0.15) is 28.5 Å². The number of likely N-dealkylation sites (tertiary alicyclic amines) is 1. The number of Topliss-reactive ketones (excluding diaryl/α,β-unsaturated/α-hetero) is 1. The Morgan fingerprint density at radius 3 is 2.45 bits per heavy atom. The van der Waals surface area contributed by atoms with Gasteiger partial charge in [-0.25, -0.2) is 0 Å². The monoisotopic (exact) mass is 446 g/mol. The van der Waals surface area contributed by atoms with Gasteiger partial charge in [0.15, 0.2) is 0 Å². The molecule has 0 bridgehead atoms. The Bertz CT molecular complexity index is 1210. The largest absolute Gasteiger partial charge is 0.507 e. The SMILES string of the molecule is COc1ccc(C)cc1/C(O)=C1\C(=O)C(=O)N(Cc2ccco2)C1c1ccc(N(C)C)cc1. The van der Waals surface area contributed by atoms with Gasteiger partial charge in [0, 0.05) is 19.8 Å². The third-order valence-electron chi connectivity index (χ3n) is 5.78. The summed E-state index contributed by atoms with van der Waals surface area (Å²) < 4.78 is 10.8. The number of aryl methyl sites for hydroxylation is 1. The highest BCUT2D eigenvalue weighted by Crippen LogP contribution is 2.42. The lowest BCUT2D eigenvalue weighted by Crippen LogP contribution is -2.29. The lowest BCUT2D eigenvalue weighted by Gasteiger charge is -2.25. The second kappa shape index (κ2) is 8.86. The third kappa shape index (κ3) is 4.09. The molecule has 33 heavy (non-hydrogen) atoms. The van der Waals surface area contributed by atoms with Gasteiger partial charge in [-0.15, -0.1) is 0 Å². The molecule has 2 heterocycles. The minimum atomic E-state index is -0.781. The van der Waals surface area contributed by atoms with Gasteiger partial charge in [0.25, 0.3) is 11.7 Å². The zero-order valence-corrected chi connectivity index (χ0v) is 19.0. The van der Waals surface area contributed by atoms with Crippen LogP contribution in [0.15, 0.2) is 70.9 Å². The average Bonchev–Trinajstić information content (AvgIpc) is 3.41. The fraction of sp³-hybridized carbons (Fsp3) is 0.231. The Balaban J connectivity index is 1.90. The molecule has 0 aliphatic carbocycles. The number of carbonyl (C=O) groups is 2. The molecule has 7 nitrogen and oxygen atoms in total. The van der Waals surface area contributed by atoms with Crippen LogP contribution in [0, 0.1) is 6.92 Å². The fourth-order valence-electron chi connectivity index (χ4n) is 4.07. The van der Waals surface area contributed by atoms with Crippen LogP contribution >= 0.6 is 0 Å². The van der Waals surface area contributed by atoms with E-state index in [2.05, 4.69) is 0 Å². The van der Waals surface area contributed by atoms with Gasteiger partial charge in [0.1, 0.15) is 17.3 Å². The molecule has 1 aromatic heterocycles. The van der Waals surface area contributed by atoms with Gasteiger partial charge < -0.3 is 24.1 Å². The van der Waals surface area contributed by atoms with Crippen molar-refractivity contribution in [1.82, 2.24) is 4.90 Å². The van der Waals surface area contributed by atoms with Gasteiger partial charge in [-0.1, -0.05) is 23.8 Å². The molecule has 4 rings (SSSR count). The molecule has 1 N–H and O–H groups in total. The summed E-state index contributed by atoms with van der Waals surface area (Å²) in [7, 11) is 5.36. The average molecular weight is 447 g/mol. The van der Waals surface area contributed by atoms with E-state index in [1.165, 1.54) is 18.3 Å². The Kier molecular flexibility index (Phi) is 5.96. The van der Waals surface area contributed by atoms with E-state index in [1.54, 1.807) is 24.3 Å². The summed E-state index contributed by atoms with van der Waals surface area (Å²) in [5.74, 6) is -0.750. The number of ether oxygens (including phenoxy) is 1. The minimum Gasteiger partial charge on any atom is -0.507 e. The number of benzene rings is 2. The number of rotatable bonds is 6. The number of aliphatic hydroxyl groups is 1. The van der Waals surface area contributed by atoms with Gasteiger partial charge in [-0.2, -0.15) is 0 Å². The molecule has 1 unspecified atom stereocenters. The molecule has 1 saturated heterocycles. The number of ketones is 1. The van der Waals surface area contributed by atoms with E-state index < -0.39 is 17.7 Å². The van der Waals surface area contributed by atoms with Gasteiger partial charge >= 0.3 is 0 Å². The molecule has 0 radical (unpaired) electrons. The maximum absolute atomic E-state index is 13.2. The molecule has 170 valence electrons. The number of hydrogen-bond acceptors (Lipinski definition) is 6. The Morgan fingerprint density at radius 1 is 1.12 bits per heavy atom. The standard InChI is InChI=1S/C26H26N2O5/c1-16-7-12-21(32-4)20(14-16)24(29)22-23(17-8-10-18(11-9-17)27(2)3)28(26(31)25(22)30)15-19-6-5-13-33-19/h5-14,23,29H,15H2,1-4H3/b24-22+. The van der Waals surface area contributed by atoms with E-state index >= 15 is 0 Å². The Morgan fingerprint density at radius 2 is 1.85 bits per heavy atom.